The third-order valence-corrected chi connectivity index (χ3v) is 4.42. The first-order valence-corrected chi connectivity index (χ1v) is 8.76. The highest BCUT2D eigenvalue weighted by molar-refractivity contribution is 5.94. The van der Waals surface area contributed by atoms with Crippen molar-refractivity contribution in [2.24, 2.45) is 0 Å². The van der Waals surface area contributed by atoms with E-state index < -0.39 is 0 Å². The van der Waals surface area contributed by atoms with Gasteiger partial charge in [-0.2, -0.15) is 5.10 Å². The Morgan fingerprint density at radius 2 is 1.73 bits per heavy atom. The van der Waals surface area contributed by atoms with Crippen molar-refractivity contribution in [1.29, 1.82) is 0 Å². The summed E-state index contributed by atoms with van der Waals surface area (Å²) in [4.78, 5) is 4.18. The molecule has 0 amide bonds. The van der Waals surface area contributed by atoms with Gasteiger partial charge >= 0.3 is 0 Å². The first-order valence-electron chi connectivity index (χ1n) is 8.76. The average Bonchev–Trinajstić information content (AvgIpc) is 2.68. The Hall–Kier alpha value is -3.27. The van der Waals surface area contributed by atoms with Gasteiger partial charge in [0.05, 0.1) is 5.69 Å². The highest BCUT2D eigenvalue weighted by Crippen LogP contribution is 2.26. The molecule has 0 saturated carbocycles. The van der Waals surface area contributed by atoms with Gasteiger partial charge in [-0.1, -0.05) is 42.5 Å². The number of hydrogen-bond acceptors (Lipinski definition) is 4. The number of pyridine rings is 1. The number of aryl methyl sites for hydroxylation is 3. The summed E-state index contributed by atoms with van der Waals surface area (Å²) in [6.07, 6.45) is 5.44. The minimum absolute atomic E-state index is 0.788. The van der Waals surface area contributed by atoms with Gasteiger partial charge in [0.2, 0.25) is 0 Å². The standard InChI is InChI=1S/C22H20N4/c1-16-6-4-8-18(14-16)24-22-20-10-3-2-9-19(20)21(25-26-22)12-11-17-7-5-13-23-15-17/h2-10,13-15H,11-12H2,1H3,(H,24,26). The lowest BCUT2D eigenvalue weighted by atomic mass is 10.0. The Bertz CT molecular complexity index is 1030. The molecule has 4 heteroatoms. The summed E-state index contributed by atoms with van der Waals surface area (Å²) in [5.41, 5.74) is 4.45. The molecule has 4 rings (SSSR count). The van der Waals surface area contributed by atoms with E-state index in [4.69, 9.17) is 0 Å². The molecule has 4 aromatic rings. The first-order chi connectivity index (χ1) is 12.8. The van der Waals surface area contributed by atoms with Gasteiger partial charge in [-0.15, -0.1) is 5.10 Å². The maximum absolute atomic E-state index is 4.51. The van der Waals surface area contributed by atoms with E-state index in [0.717, 1.165) is 40.8 Å². The van der Waals surface area contributed by atoms with Gasteiger partial charge in [0.25, 0.3) is 0 Å². The summed E-state index contributed by atoms with van der Waals surface area (Å²) in [5.74, 6) is 0.788. The van der Waals surface area contributed by atoms with Crippen LogP contribution in [-0.2, 0) is 12.8 Å². The van der Waals surface area contributed by atoms with Crippen molar-refractivity contribution in [1.82, 2.24) is 15.2 Å². The summed E-state index contributed by atoms with van der Waals surface area (Å²) >= 11 is 0. The molecule has 2 heterocycles. The van der Waals surface area contributed by atoms with E-state index in [0.29, 0.717) is 0 Å². The van der Waals surface area contributed by atoms with E-state index in [9.17, 15) is 0 Å². The summed E-state index contributed by atoms with van der Waals surface area (Å²) in [6, 6.07) is 20.6. The fourth-order valence-corrected chi connectivity index (χ4v) is 3.10. The number of nitrogens with one attached hydrogen (secondary N) is 1. The van der Waals surface area contributed by atoms with Gasteiger partial charge in [-0.25, -0.2) is 0 Å². The molecule has 0 radical (unpaired) electrons. The normalized spacial score (nSPS) is 10.8. The van der Waals surface area contributed by atoms with Crippen molar-refractivity contribution in [2.75, 3.05) is 5.32 Å². The van der Waals surface area contributed by atoms with Crippen LogP contribution in [0.3, 0.4) is 0 Å². The molecule has 2 aromatic heterocycles. The minimum Gasteiger partial charge on any atom is -0.338 e. The number of anilines is 2. The van der Waals surface area contributed by atoms with Crippen LogP contribution in [0, 0.1) is 6.92 Å². The smallest absolute Gasteiger partial charge is 0.160 e. The molecule has 0 aliphatic rings. The number of fused-ring (bicyclic) bond motifs is 1. The molecule has 0 saturated heterocycles. The fraction of sp³-hybridized carbons (Fsp3) is 0.136. The number of hydrogen-bond donors (Lipinski definition) is 1. The molecule has 0 aliphatic carbocycles. The Labute approximate surface area is 152 Å². The lowest BCUT2D eigenvalue weighted by Crippen LogP contribution is -2.03. The van der Waals surface area contributed by atoms with E-state index in [2.05, 4.69) is 57.8 Å². The molecule has 0 spiro atoms. The molecular formula is C22H20N4. The van der Waals surface area contributed by atoms with Crippen molar-refractivity contribution < 1.29 is 0 Å². The zero-order valence-electron chi connectivity index (χ0n) is 14.7. The van der Waals surface area contributed by atoms with Crippen molar-refractivity contribution in [3.63, 3.8) is 0 Å². The van der Waals surface area contributed by atoms with Crippen LogP contribution in [-0.4, -0.2) is 15.2 Å². The third kappa shape index (κ3) is 3.54. The SMILES string of the molecule is Cc1cccc(Nc2nnc(CCc3cccnc3)c3ccccc23)c1. The molecule has 0 bridgehead atoms. The average molecular weight is 340 g/mol. The van der Waals surface area contributed by atoms with Crippen molar-refractivity contribution >= 4 is 22.3 Å². The van der Waals surface area contributed by atoms with Gasteiger partial charge in [0.15, 0.2) is 5.82 Å². The van der Waals surface area contributed by atoms with E-state index in [1.807, 2.05) is 36.5 Å². The summed E-state index contributed by atoms with van der Waals surface area (Å²) in [6.45, 7) is 2.08. The van der Waals surface area contributed by atoms with Crippen LogP contribution < -0.4 is 5.32 Å². The zero-order valence-corrected chi connectivity index (χ0v) is 14.7. The van der Waals surface area contributed by atoms with E-state index in [-0.39, 0.29) is 0 Å². The van der Waals surface area contributed by atoms with Crippen LogP contribution in [0.15, 0.2) is 73.1 Å². The number of rotatable bonds is 5. The van der Waals surface area contributed by atoms with Gasteiger partial charge in [-0.3, -0.25) is 4.98 Å². The van der Waals surface area contributed by atoms with E-state index >= 15 is 0 Å². The molecule has 26 heavy (non-hydrogen) atoms. The Kier molecular flexibility index (Phi) is 4.56. The number of benzene rings is 2. The Balaban J connectivity index is 1.65. The second-order valence-electron chi connectivity index (χ2n) is 6.40. The van der Waals surface area contributed by atoms with E-state index in [1.165, 1.54) is 11.1 Å². The van der Waals surface area contributed by atoms with Crippen LogP contribution in [0.5, 0.6) is 0 Å². The van der Waals surface area contributed by atoms with Crippen LogP contribution in [0.25, 0.3) is 10.8 Å². The monoisotopic (exact) mass is 340 g/mol. The van der Waals surface area contributed by atoms with Crippen LogP contribution in [0.1, 0.15) is 16.8 Å². The van der Waals surface area contributed by atoms with E-state index in [1.54, 1.807) is 6.20 Å². The van der Waals surface area contributed by atoms with Gasteiger partial charge in [-0.05, 0) is 49.1 Å². The topological polar surface area (TPSA) is 50.7 Å². The summed E-state index contributed by atoms with van der Waals surface area (Å²) < 4.78 is 0. The van der Waals surface area contributed by atoms with Crippen LogP contribution in [0.4, 0.5) is 11.5 Å². The van der Waals surface area contributed by atoms with Crippen LogP contribution in [0.2, 0.25) is 0 Å². The molecule has 0 unspecified atom stereocenters. The molecular weight excluding hydrogens is 320 g/mol. The maximum Gasteiger partial charge on any atom is 0.160 e. The second-order valence-corrected chi connectivity index (χ2v) is 6.40. The zero-order chi connectivity index (χ0) is 17.8. The van der Waals surface area contributed by atoms with Crippen molar-refractivity contribution in [3.8, 4) is 0 Å². The maximum atomic E-state index is 4.51. The Morgan fingerprint density at radius 1 is 0.846 bits per heavy atom. The molecule has 0 atom stereocenters. The molecule has 4 nitrogen and oxygen atoms in total. The molecule has 0 fully saturated rings. The second kappa shape index (κ2) is 7.31. The first kappa shape index (κ1) is 16.2. The summed E-state index contributed by atoms with van der Waals surface area (Å²) in [5, 5.41) is 14.6. The molecule has 2 aromatic carbocycles. The minimum atomic E-state index is 0.788. The van der Waals surface area contributed by atoms with Crippen molar-refractivity contribution in [3.05, 3.63) is 89.9 Å². The largest absolute Gasteiger partial charge is 0.338 e. The lowest BCUT2D eigenvalue weighted by molar-refractivity contribution is 0.873. The number of nitrogens with zero attached hydrogens (tertiary/aromatic N) is 3. The Morgan fingerprint density at radius 3 is 2.54 bits per heavy atom. The molecule has 1 N–H and O–H groups in total. The predicted octanol–water partition coefficient (Wildman–Crippen LogP) is 4.86. The highest BCUT2D eigenvalue weighted by atomic mass is 15.2. The number of aromatic nitrogens is 3. The molecule has 128 valence electrons. The summed E-state index contributed by atoms with van der Waals surface area (Å²) in [7, 11) is 0. The van der Waals surface area contributed by atoms with Crippen molar-refractivity contribution in [2.45, 2.75) is 19.8 Å². The van der Waals surface area contributed by atoms with Gasteiger partial charge in [0.1, 0.15) is 0 Å². The van der Waals surface area contributed by atoms with Gasteiger partial charge in [0, 0.05) is 28.9 Å². The van der Waals surface area contributed by atoms with Crippen LogP contribution >= 0.6 is 0 Å². The predicted molar refractivity (Wildman–Crippen MR) is 106 cm³/mol. The lowest BCUT2D eigenvalue weighted by Gasteiger charge is -2.11. The third-order valence-electron chi connectivity index (χ3n) is 4.42. The molecule has 0 aliphatic heterocycles. The highest BCUT2D eigenvalue weighted by Gasteiger charge is 2.09. The fourth-order valence-electron chi connectivity index (χ4n) is 3.10. The quantitative estimate of drug-likeness (QED) is 0.563. The van der Waals surface area contributed by atoms with Gasteiger partial charge < -0.3 is 5.32 Å².